The van der Waals surface area contributed by atoms with Crippen LogP contribution in [0.5, 0.6) is 0 Å². The van der Waals surface area contributed by atoms with Crippen molar-refractivity contribution < 1.29 is 9.15 Å². The number of rotatable bonds is 7. The second-order valence-corrected chi connectivity index (χ2v) is 4.23. The van der Waals surface area contributed by atoms with Crippen molar-refractivity contribution in [3.63, 3.8) is 0 Å². The Bertz CT molecular complexity index is 307. The largest absolute Gasteiger partial charge is 0.465 e. The van der Waals surface area contributed by atoms with E-state index in [-0.39, 0.29) is 0 Å². The summed E-state index contributed by atoms with van der Waals surface area (Å²) in [5.74, 6) is 1.94. The highest BCUT2D eigenvalue weighted by Crippen LogP contribution is 2.16. The van der Waals surface area contributed by atoms with E-state index in [0.717, 1.165) is 36.5 Å². The van der Waals surface area contributed by atoms with Gasteiger partial charge in [0.25, 0.3) is 0 Å². The van der Waals surface area contributed by atoms with Gasteiger partial charge in [-0.1, -0.05) is 13.3 Å². The second kappa shape index (κ2) is 6.71. The summed E-state index contributed by atoms with van der Waals surface area (Å²) in [7, 11) is 1.91. The quantitative estimate of drug-likeness (QED) is 0.774. The van der Waals surface area contributed by atoms with Crippen molar-refractivity contribution in [2.24, 2.45) is 0 Å². The fraction of sp³-hybridized carbons (Fsp3) is 0.692. The second-order valence-electron chi connectivity index (χ2n) is 4.23. The molecule has 1 aromatic rings. The van der Waals surface area contributed by atoms with Crippen LogP contribution in [0.25, 0.3) is 0 Å². The molecule has 92 valence electrons. The molecule has 0 amide bonds. The normalized spacial score (nSPS) is 13.0. The zero-order chi connectivity index (χ0) is 12.0. The maximum absolute atomic E-state index is 5.76. The molecule has 0 fully saturated rings. The van der Waals surface area contributed by atoms with E-state index in [1.54, 1.807) is 0 Å². The molecule has 0 aliphatic heterocycles. The minimum atomic E-state index is 0.326. The van der Waals surface area contributed by atoms with Crippen LogP contribution in [0, 0.1) is 6.92 Å². The minimum absolute atomic E-state index is 0.326. The highest BCUT2D eigenvalue weighted by Gasteiger charge is 2.08. The lowest BCUT2D eigenvalue weighted by Gasteiger charge is -2.10. The fourth-order valence-corrected chi connectivity index (χ4v) is 1.71. The van der Waals surface area contributed by atoms with Crippen LogP contribution in [0.2, 0.25) is 0 Å². The van der Waals surface area contributed by atoms with Crippen LogP contribution in [0.3, 0.4) is 0 Å². The molecule has 0 saturated heterocycles. The number of hydrogen-bond acceptors (Lipinski definition) is 3. The van der Waals surface area contributed by atoms with Crippen LogP contribution in [0.15, 0.2) is 10.5 Å². The molecule has 0 aliphatic carbocycles. The van der Waals surface area contributed by atoms with Crippen LogP contribution < -0.4 is 5.32 Å². The first kappa shape index (κ1) is 13.3. The number of hydrogen-bond donors (Lipinski definition) is 1. The van der Waals surface area contributed by atoms with Crippen LogP contribution in [0.4, 0.5) is 0 Å². The van der Waals surface area contributed by atoms with Gasteiger partial charge in [-0.3, -0.25) is 0 Å². The van der Waals surface area contributed by atoms with Gasteiger partial charge in [-0.2, -0.15) is 0 Å². The highest BCUT2D eigenvalue weighted by molar-refractivity contribution is 5.19. The summed E-state index contributed by atoms with van der Waals surface area (Å²) in [5.41, 5.74) is 1.16. The van der Waals surface area contributed by atoms with Gasteiger partial charge in [0.2, 0.25) is 0 Å². The molecule has 1 unspecified atom stereocenters. The lowest BCUT2D eigenvalue weighted by molar-refractivity contribution is 0.0465. The molecule has 0 spiro atoms. The van der Waals surface area contributed by atoms with Gasteiger partial charge in [0.1, 0.15) is 11.5 Å². The molecule has 16 heavy (non-hydrogen) atoms. The van der Waals surface area contributed by atoms with E-state index in [1.165, 1.54) is 0 Å². The van der Waals surface area contributed by atoms with Gasteiger partial charge in [0.15, 0.2) is 0 Å². The number of ether oxygens (including phenoxy) is 1. The summed E-state index contributed by atoms with van der Waals surface area (Å²) < 4.78 is 11.4. The molecular weight excluding hydrogens is 202 g/mol. The maximum atomic E-state index is 5.76. The lowest BCUT2D eigenvalue weighted by Crippen LogP contribution is -2.07. The molecule has 0 aliphatic rings. The molecular formula is C13H23NO2. The molecule has 0 bridgehead atoms. The topological polar surface area (TPSA) is 34.4 Å². The van der Waals surface area contributed by atoms with Crippen LogP contribution in [-0.4, -0.2) is 13.2 Å². The molecule has 3 nitrogen and oxygen atoms in total. The first-order valence-electron chi connectivity index (χ1n) is 6.01. The molecule has 1 rings (SSSR count). The van der Waals surface area contributed by atoms with Crippen LogP contribution in [-0.2, 0) is 17.9 Å². The van der Waals surface area contributed by atoms with Crippen molar-refractivity contribution in [1.82, 2.24) is 5.32 Å². The summed E-state index contributed by atoms with van der Waals surface area (Å²) in [4.78, 5) is 0. The predicted molar refractivity (Wildman–Crippen MR) is 65.4 cm³/mol. The van der Waals surface area contributed by atoms with Gasteiger partial charge in [0.05, 0.1) is 19.3 Å². The average Bonchev–Trinajstić information content (AvgIpc) is 2.57. The maximum Gasteiger partial charge on any atom is 0.118 e. The smallest absolute Gasteiger partial charge is 0.118 e. The molecule has 1 aromatic heterocycles. The zero-order valence-corrected chi connectivity index (χ0v) is 10.8. The van der Waals surface area contributed by atoms with Crippen LogP contribution >= 0.6 is 0 Å². The van der Waals surface area contributed by atoms with Gasteiger partial charge in [-0.05, 0) is 33.4 Å². The molecule has 0 aromatic carbocycles. The molecule has 1 heterocycles. The van der Waals surface area contributed by atoms with Crippen LogP contribution in [0.1, 0.15) is 43.8 Å². The summed E-state index contributed by atoms with van der Waals surface area (Å²) in [6, 6.07) is 2.07. The Labute approximate surface area is 98.2 Å². The van der Waals surface area contributed by atoms with Crippen molar-refractivity contribution in [3.05, 3.63) is 23.2 Å². The highest BCUT2D eigenvalue weighted by atomic mass is 16.5. The zero-order valence-electron chi connectivity index (χ0n) is 10.8. The predicted octanol–water partition coefficient (Wildman–Crippen LogP) is 3.01. The molecule has 0 saturated carbocycles. The monoisotopic (exact) mass is 225 g/mol. The van der Waals surface area contributed by atoms with Gasteiger partial charge in [-0.25, -0.2) is 0 Å². The number of nitrogens with one attached hydrogen (secondary N) is 1. The SMILES string of the molecule is CCCC(C)OCc1cc(CNC)oc1C. The third-order valence-electron chi connectivity index (χ3n) is 2.64. The fourth-order valence-electron chi connectivity index (χ4n) is 1.71. The van der Waals surface area contributed by atoms with Gasteiger partial charge < -0.3 is 14.5 Å². The number of furan rings is 1. The summed E-state index contributed by atoms with van der Waals surface area (Å²) in [5, 5.41) is 3.08. The van der Waals surface area contributed by atoms with Crippen molar-refractivity contribution in [2.45, 2.75) is 52.9 Å². The van der Waals surface area contributed by atoms with Gasteiger partial charge >= 0.3 is 0 Å². The van der Waals surface area contributed by atoms with Crippen molar-refractivity contribution in [3.8, 4) is 0 Å². The summed E-state index contributed by atoms with van der Waals surface area (Å²) in [6.45, 7) is 7.70. The standard InChI is InChI=1S/C13H23NO2/c1-5-6-10(2)15-9-12-7-13(8-14-4)16-11(12)3/h7,10,14H,5-6,8-9H2,1-4H3. The Hall–Kier alpha value is -0.800. The Morgan fingerprint density at radius 1 is 1.50 bits per heavy atom. The van der Waals surface area contributed by atoms with Gasteiger partial charge in [0, 0.05) is 5.56 Å². The first-order chi connectivity index (χ1) is 7.67. The van der Waals surface area contributed by atoms with Gasteiger partial charge in [-0.15, -0.1) is 0 Å². The van der Waals surface area contributed by atoms with E-state index in [1.807, 2.05) is 14.0 Å². The summed E-state index contributed by atoms with van der Waals surface area (Å²) in [6.07, 6.45) is 2.60. The van der Waals surface area contributed by atoms with Crippen molar-refractivity contribution in [2.75, 3.05) is 7.05 Å². The van der Waals surface area contributed by atoms with Crippen molar-refractivity contribution in [1.29, 1.82) is 0 Å². The molecule has 1 atom stereocenters. The third kappa shape index (κ3) is 3.99. The lowest BCUT2D eigenvalue weighted by atomic mass is 10.2. The Kier molecular flexibility index (Phi) is 5.56. The Balaban J connectivity index is 2.46. The third-order valence-corrected chi connectivity index (χ3v) is 2.64. The van der Waals surface area contributed by atoms with E-state index >= 15 is 0 Å². The van der Waals surface area contributed by atoms with E-state index in [9.17, 15) is 0 Å². The number of aryl methyl sites for hydroxylation is 1. The molecule has 3 heteroatoms. The Morgan fingerprint density at radius 3 is 2.88 bits per heavy atom. The van der Waals surface area contributed by atoms with E-state index in [0.29, 0.717) is 12.7 Å². The van der Waals surface area contributed by atoms with E-state index in [4.69, 9.17) is 9.15 Å². The van der Waals surface area contributed by atoms with E-state index in [2.05, 4.69) is 25.2 Å². The molecule has 1 N–H and O–H groups in total. The summed E-state index contributed by atoms with van der Waals surface area (Å²) >= 11 is 0. The average molecular weight is 225 g/mol. The minimum Gasteiger partial charge on any atom is -0.465 e. The Morgan fingerprint density at radius 2 is 2.25 bits per heavy atom. The first-order valence-corrected chi connectivity index (χ1v) is 6.01. The van der Waals surface area contributed by atoms with E-state index < -0.39 is 0 Å². The van der Waals surface area contributed by atoms with Crippen molar-refractivity contribution >= 4 is 0 Å². The molecule has 0 radical (unpaired) electrons.